The number of aliphatic hydroxyl groups excluding tert-OH is 1. The number of hydrogen-bond acceptors (Lipinski definition) is 6. The molecule has 1 heterocycles. The molecule has 1 saturated carbocycles. The summed E-state index contributed by atoms with van der Waals surface area (Å²) in [5.41, 5.74) is 5.63. The molecule has 1 aromatic rings. The second-order valence-corrected chi connectivity index (χ2v) is 4.80. The molecule has 100 valence electrons. The number of nitrogens with one attached hydrogen (secondary N) is 2. The van der Waals surface area contributed by atoms with Crippen molar-refractivity contribution in [3.05, 3.63) is 6.07 Å². The molecule has 0 saturated heterocycles. The summed E-state index contributed by atoms with van der Waals surface area (Å²) < 4.78 is 0. The number of rotatable bonds is 4. The van der Waals surface area contributed by atoms with E-state index in [1.54, 1.807) is 7.05 Å². The minimum absolute atomic E-state index is 0.105. The number of hydrogen-bond donors (Lipinski definition) is 4. The minimum Gasteiger partial charge on any atom is -0.393 e. The molecule has 0 atom stereocenters. The smallest absolute Gasteiger partial charge is 0.223 e. The molecule has 0 amide bonds. The highest BCUT2D eigenvalue weighted by Crippen LogP contribution is 2.24. The third kappa shape index (κ3) is 3.46. The monoisotopic (exact) mass is 251 g/mol. The molecular formula is C12H21N5O. The highest BCUT2D eigenvalue weighted by Gasteiger charge is 2.19. The molecule has 0 unspecified atom stereocenters. The minimum atomic E-state index is -0.105. The summed E-state index contributed by atoms with van der Waals surface area (Å²) in [7, 11) is 1.80. The van der Waals surface area contributed by atoms with E-state index in [0.29, 0.717) is 11.7 Å². The molecule has 0 spiro atoms. The number of aromatic nitrogens is 2. The van der Waals surface area contributed by atoms with Crippen LogP contribution in [0.3, 0.4) is 0 Å². The van der Waals surface area contributed by atoms with Gasteiger partial charge >= 0.3 is 0 Å². The standard InChI is InChI=1S/C12H21N5O/c1-14-10-6-11(17-12(13)16-10)15-7-8-2-4-9(18)5-3-8/h6,8-9,18H,2-5,7H2,1H3,(H4,13,14,15,16,17). The fourth-order valence-corrected chi connectivity index (χ4v) is 2.28. The third-order valence-corrected chi connectivity index (χ3v) is 3.39. The van der Waals surface area contributed by atoms with E-state index >= 15 is 0 Å². The van der Waals surface area contributed by atoms with Crippen molar-refractivity contribution in [3.8, 4) is 0 Å². The molecule has 0 aliphatic heterocycles. The Morgan fingerprint density at radius 2 is 1.94 bits per heavy atom. The lowest BCUT2D eigenvalue weighted by Crippen LogP contribution is -2.24. The van der Waals surface area contributed by atoms with Crippen LogP contribution in [0.15, 0.2) is 6.07 Å². The first-order valence-corrected chi connectivity index (χ1v) is 6.41. The molecule has 1 fully saturated rings. The van der Waals surface area contributed by atoms with Gasteiger partial charge in [-0.05, 0) is 31.6 Å². The van der Waals surface area contributed by atoms with Crippen molar-refractivity contribution in [2.24, 2.45) is 5.92 Å². The summed E-state index contributed by atoms with van der Waals surface area (Å²) in [5.74, 6) is 2.33. The van der Waals surface area contributed by atoms with Gasteiger partial charge in [0.2, 0.25) is 5.95 Å². The van der Waals surface area contributed by atoms with Gasteiger partial charge in [-0.3, -0.25) is 0 Å². The van der Waals surface area contributed by atoms with Gasteiger partial charge in [0.1, 0.15) is 11.6 Å². The molecule has 18 heavy (non-hydrogen) atoms. The van der Waals surface area contributed by atoms with E-state index in [0.717, 1.165) is 38.0 Å². The van der Waals surface area contributed by atoms with Gasteiger partial charge in [-0.2, -0.15) is 9.97 Å². The molecule has 0 bridgehead atoms. The normalized spacial score (nSPS) is 23.7. The van der Waals surface area contributed by atoms with E-state index in [1.807, 2.05) is 6.07 Å². The first-order chi connectivity index (χ1) is 8.67. The molecule has 1 aliphatic rings. The zero-order valence-corrected chi connectivity index (χ0v) is 10.7. The Kier molecular flexibility index (Phi) is 4.19. The van der Waals surface area contributed by atoms with Crippen LogP contribution >= 0.6 is 0 Å². The highest BCUT2D eigenvalue weighted by atomic mass is 16.3. The van der Waals surface area contributed by atoms with Gasteiger partial charge in [0, 0.05) is 19.7 Å². The van der Waals surface area contributed by atoms with Crippen LogP contribution < -0.4 is 16.4 Å². The Bertz CT molecular complexity index is 390. The van der Waals surface area contributed by atoms with E-state index in [1.165, 1.54) is 0 Å². The molecule has 2 rings (SSSR count). The van der Waals surface area contributed by atoms with Gasteiger partial charge in [-0.25, -0.2) is 0 Å². The van der Waals surface area contributed by atoms with Crippen LogP contribution in [0.4, 0.5) is 17.6 Å². The van der Waals surface area contributed by atoms with Gasteiger partial charge in [-0.1, -0.05) is 0 Å². The number of nitrogen functional groups attached to an aromatic ring is 1. The summed E-state index contributed by atoms with van der Waals surface area (Å²) in [6.07, 6.45) is 3.83. The Balaban J connectivity index is 1.88. The van der Waals surface area contributed by atoms with E-state index in [-0.39, 0.29) is 12.1 Å². The summed E-state index contributed by atoms with van der Waals surface area (Å²) in [6.45, 7) is 0.867. The fourth-order valence-electron chi connectivity index (χ4n) is 2.28. The Hall–Kier alpha value is -1.56. The number of nitrogens with two attached hydrogens (primary N) is 1. The van der Waals surface area contributed by atoms with Gasteiger partial charge < -0.3 is 21.5 Å². The molecule has 0 radical (unpaired) electrons. The summed E-state index contributed by atoms with van der Waals surface area (Å²) >= 11 is 0. The van der Waals surface area contributed by atoms with E-state index in [2.05, 4.69) is 20.6 Å². The van der Waals surface area contributed by atoms with Crippen LogP contribution in [0.1, 0.15) is 25.7 Å². The van der Waals surface area contributed by atoms with Crippen molar-refractivity contribution in [1.29, 1.82) is 0 Å². The van der Waals surface area contributed by atoms with Crippen molar-refractivity contribution in [3.63, 3.8) is 0 Å². The first kappa shape index (κ1) is 12.9. The van der Waals surface area contributed by atoms with Gasteiger partial charge in [0.25, 0.3) is 0 Å². The quantitative estimate of drug-likeness (QED) is 0.639. The second kappa shape index (κ2) is 5.86. The van der Waals surface area contributed by atoms with Gasteiger partial charge in [0.05, 0.1) is 6.10 Å². The average Bonchev–Trinajstić information content (AvgIpc) is 2.37. The third-order valence-electron chi connectivity index (χ3n) is 3.39. The molecule has 1 aromatic heterocycles. The van der Waals surface area contributed by atoms with Crippen molar-refractivity contribution >= 4 is 17.6 Å². The van der Waals surface area contributed by atoms with Crippen molar-refractivity contribution in [2.75, 3.05) is 30.0 Å². The van der Waals surface area contributed by atoms with Crippen molar-refractivity contribution in [1.82, 2.24) is 9.97 Å². The van der Waals surface area contributed by atoms with Crippen molar-refractivity contribution < 1.29 is 5.11 Å². The maximum atomic E-state index is 9.45. The Labute approximate surface area is 107 Å². The topological polar surface area (TPSA) is 96.1 Å². The molecule has 5 N–H and O–H groups in total. The van der Waals surface area contributed by atoms with E-state index in [9.17, 15) is 5.11 Å². The summed E-state index contributed by atoms with van der Waals surface area (Å²) in [5, 5.41) is 15.7. The molecule has 6 heteroatoms. The Morgan fingerprint density at radius 3 is 2.61 bits per heavy atom. The predicted molar refractivity (Wildman–Crippen MR) is 72.4 cm³/mol. The van der Waals surface area contributed by atoms with Gasteiger partial charge in [0.15, 0.2) is 0 Å². The average molecular weight is 251 g/mol. The predicted octanol–water partition coefficient (Wildman–Crippen LogP) is 1.06. The zero-order chi connectivity index (χ0) is 13.0. The lowest BCUT2D eigenvalue weighted by molar-refractivity contribution is 0.111. The number of nitrogens with zero attached hydrogens (tertiary/aromatic N) is 2. The molecule has 1 aliphatic carbocycles. The lowest BCUT2D eigenvalue weighted by Gasteiger charge is -2.25. The van der Waals surface area contributed by atoms with Crippen LogP contribution in [0.2, 0.25) is 0 Å². The van der Waals surface area contributed by atoms with Crippen LogP contribution in [0.5, 0.6) is 0 Å². The fraction of sp³-hybridized carbons (Fsp3) is 0.667. The lowest BCUT2D eigenvalue weighted by atomic mass is 9.87. The second-order valence-electron chi connectivity index (χ2n) is 4.80. The van der Waals surface area contributed by atoms with Gasteiger partial charge in [-0.15, -0.1) is 0 Å². The SMILES string of the molecule is CNc1cc(NCC2CCC(O)CC2)nc(N)n1. The number of aliphatic hydroxyl groups is 1. The van der Waals surface area contributed by atoms with Crippen LogP contribution in [0, 0.1) is 5.92 Å². The van der Waals surface area contributed by atoms with Crippen LogP contribution in [0.25, 0.3) is 0 Å². The number of anilines is 3. The first-order valence-electron chi connectivity index (χ1n) is 6.41. The van der Waals surface area contributed by atoms with Crippen molar-refractivity contribution in [2.45, 2.75) is 31.8 Å². The largest absolute Gasteiger partial charge is 0.393 e. The molecular weight excluding hydrogens is 230 g/mol. The Morgan fingerprint density at radius 1 is 1.28 bits per heavy atom. The summed E-state index contributed by atoms with van der Waals surface area (Å²) in [4.78, 5) is 8.19. The van der Waals surface area contributed by atoms with E-state index in [4.69, 9.17) is 5.73 Å². The molecule has 0 aromatic carbocycles. The van der Waals surface area contributed by atoms with Crippen LogP contribution in [-0.2, 0) is 0 Å². The van der Waals surface area contributed by atoms with E-state index < -0.39 is 0 Å². The van der Waals surface area contributed by atoms with Crippen LogP contribution in [-0.4, -0.2) is 34.8 Å². The molecule has 6 nitrogen and oxygen atoms in total. The summed E-state index contributed by atoms with van der Waals surface area (Å²) in [6, 6.07) is 1.84. The highest BCUT2D eigenvalue weighted by molar-refractivity contribution is 5.50. The maximum absolute atomic E-state index is 9.45. The maximum Gasteiger partial charge on any atom is 0.223 e. The zero-order valence-electron chi connectivity index (χ0n) is 10.7.